The number of hydrogen-bond donors (Lipinski definition) is 2. The van der Waals surface area contributed by atoms with Crippen LogP contribution in [0, 0.1) is 0 Å². The molecule has 0 aliphatic carbocycles. The molecule has 7 heteroatoms. The summed E-state index contributed by atoms with van der Waals surface area (Å²) in [5, 5.41) is 10.1. The first-order chi connectivity index (χ1) is 9.22. The number of H-pyrrole nitrogens is 1. The number of halogens is 1. The zero-order valence-corrected chi connectivity index (χ0v) is 11.2. The molecule has 0 saturated heterocycles. The smallest absolute Gasteiger partial charge is 0.277 e. The fourth-order valence-electron chi connectivity index (χ4n) is 1.62. The molecule has 0 spiro atoms. The third-order valence-electron chi connectivity index (χ3n) is 2.48. The van der Waals surface area contributed by atoms with Gasteiger partial charge in [-0.1, -0.05) is 0 Å². The van der Waals surface area contributed by atoms with Crippen LogP contribution in [0.25, 0.3) is 11.0 Å². The number of amides is 1. The maximum atomic E-state index is 11.9. The van der Waals surface area contributed by atoms with E-state index in [1.165, 1.54) is 0 Å². The van der Waals surface area contributed by atoms with Gasteiger partial charge in [-0.2, -0.15) is 5.10 Å². The van der Waals surface area contributed by atoms with E-state index >= 15 is 0 Å². The molecule has 0 aliphatic rings. The molecule has 1 amide bonds. The fourth-order valence-corrected chi connectivity index (χ4v) is 1.92. The van der Waals surface area contributed by atoms with Crippen molar-refractivity contribution in [1.82, 2.24) is 20.2 Å². The Morgan fingerprint density at radius 2 is 2.21 bits per heavy atom. The number of carbonyl (C=O) groups is 1. The highest BCUT2D eigenvalue weighted by Gasteiger charge is 2.10. The van der Waals surface area contributed by atoms with Gasteiger partial charge in [0, 0.05) is 17.6 Å². The highest BCUT2D eigenvalue weighted by Crippen LogP contribution is 2.13. The van der Waals surface area contributed by atoms with Crippen molar-refractivity contribution in [3.05, 3.63) is 46.8 Å². The molecule has 3 aromatic rings. The Bertz CT molecular complexity index is 754. The van der Waals surface area contributed by atoms with Crippen molar-refractivity contribution in [2.45, 2.75) is 0 Å². The Kier molecular flexibility index (Phi) is 2.96. The van der Waals surface area contributed by atoms with Crippen molar-refractivity contribution in [3.8, 4) is 0 Å². The Labute approximate surface area is 116 Å². The fraction of sp³-hybridized carbons (Fsp3) is 0. The first kappa shape index (κ1) is 11.8. The highest BCUT2D eigenvalue weighted by molar-refractivity contribution is 9.10. The molecule has 0 atom stereocenters. The van der Waals surface area contributed by atoms with Gasteiger partial charge in [0.1, 0.15) is 10.4 Å². The number of nitrogens with zero attached hydrogens (tertiary/aromatic N) is 3. The first-order valence-corrected chi connectivity index (χ1v) is 6.26. The van der Waals surface area contributed by atoms with Gasteiger partial charge in [-0.3, -0.25) is 9.89 Å². The monoisotopic (exact) mass is 317 g/mol. The highest BCUT2D eigenvalue weighted by atomic mass is 79.9. The van der Waals surface area contributed by atoms with E-state index in [4.69, 9.17) is 0 Å². The van der Waals surface area contributed by atoms with E-state index in [1.54, 1.807) is 18.3 Å². The number of pyridine rings is 2. The lowest BCUT2D eigenvalue weighted by atomic mass is 10.3. The number of aromatic nitrogens is 4. The Balaban J connectivity index is 1.87. The van der Waals surface area contributed by atoms with Crippen molar-refractivity contribution in [1.29, 1.82) is 0 Å². The normalized spacial score (nSPS) is 10.6. The minimum Gasteiger partial charge on any atom is -0.305 e. The third kappa shape index (κ3) is 2.45. The Hall–Kier alpha value is -2.28. The average molecular weight is 318 g/mol. The maximum Gasteiger partial charge on any atom is 0.277 e. The predicted octanol–water partition coefficient (Wildman–Crippen LogP) is 2.37. The van der Waals surface area contributed by atoms with E-state index in [2.05, 4.69) is 41.4 Å². The molecule has 0 bridgehead atoms. The van der Waals surface area contributed by atoms with Gasteiger partial charge in [0.05, 0.1) is 0 Å². The first-order valence-electron chi connectivity index (χ1n) is 5.46. The minimum atomic E-state index is -0.329. The summed E-state index contributed by atoms with van der Waals surface area (Å²) in [6.45, 7) is 0. The second-order valence-electron chi connectivity index (χ2n) is 3.80. The standard InChI is InChI=1S/C12H8BrN5O/c13-9-6-8(17-18-9)12(19)16-10-4-3-7-2-1-5-14-11(7)15-10/h1-6H,(H,17,18)(H,14,15,16,19). The molecule has 19 heavy (non-hydrogen) atoms. The second kappa shape index (κ2) is 4.77. The second-order valence-corrected chi connectivity index (χ2v) is 4.66. The van der Waals surface area contributed by atoms with Crippen LogP contribution in [-0.4, -0.2) is 26.1 Å². The Morgan fingerprint density at radius 3 is 3.00 bits per heavy atom. The van der Waals surface area contributed by atoms with Crippen LogP contribution in [0.15, 0.2) is 41.1 Å². The number of nitrogens with one attached hydrogen (secondary N) is 2. The average Bonchev–Trinajstić information content (AvgIpc) is 2.85. The lowest BCUT2D eigenvalue weighted by molar-refractivity contribution is 0.102. The number of aromatic amines is 1. The van der Waals surface area contributed by atoms with Crippen LogP contribution in [-0.2, 0) is 0 Å². The number of hydrogen-bond acceptors (Lipinski definition) is 4. The van der Waals surface area contributed by atoms with Gasteiger partial charge >= 0.3 is 0 Å². The van der Waals surface area contributed by atoms with Gasteiger partial charge in [-0.15, -0.1) is 0 Å². The van der Waals surface area contributed by atoms with Crippen molar-refractivity contribution in [2.24, 2.45) is 0 Å². The van der Waals surface area contributed by atoms with Gasteiger partial charge in [0.15, 0.2) is 11.3 Å². The van der Waals surface area contributed by atoms with E-state index in [0.29, 0.717) is 16.1 Å². The molecule has 0 saturated carbocycles. The van der Waals surface area contributed by atoms with E-state index in [0.717, 1.165) is 5.39 Å². The number of rotatable bonds is 2. The van der Waals surface area contributed by atoms with Gasteiger partial charge in [0.25, 0.3) is 5.91 Å². The molecule has 3 heterocycles. The summed E-state index contributed by atoms with van der Waals surface area (Å²) < 4.78 is 0.644. The zero-order chi connectivity index (χ0) is 13.2. The summed E-state index contributed by atoms with van der Waals surface area (Å²) in [4.78, 5) is 20.3. The van der Waals surface area contributed by atoms with Crippen LogP contribution < -0.4 is 5.32 Å². The summed E-state index contributed by atoms with van der Waals surface area (Å²) in [5.41, 5.74) is 0.873. The molecule has 0 unspecified atom stereocenters. The molecule has 2 N–H and O–H groups in total. The van der Waals surface area contributed by atoms with Crippen LogP contribution in [0.3, 0.4) is 0 Å². The lowest BCUT2D eigenvalue weighted by Gasteiger charge is -2.03. The largest absolute Gasteiger partial charge is 0.305 e. The minimum absolute atomic E-state index is 0.287. The maximum absolute atomic E-state index is 11.9. The van der Waals surface area contributed by atoms with Crippen LogP contribution >= 0.6 is 15.9 Å². The van der Waals surface area contributed by atoms with Crippen molar-refractivity contribution in [3.63, 3.8) is 0 Å². The molecule has 0 radical (unpaired) electrons. The number of fused-ring (bicyclic) bond motifs is 1. The lowest BCUT2D eigenvalue weighted by Crippen LogP contribution is -2.13. The topological polar surface area (TPSA) is 83.6 Å². The van der Waals surface area contributed by atoms with E-state index in [9.17, 15) is 4.79 Å². The van der Waals surface area contributed by atoms with E-state index in [1.807, 2.05) is 18.2 Å². The van der Waals surface area contributed by atoms with Crippen molar-refractivity contribution < 1.29 is 4.79 Å². The van der Waals surface area contributed by atoms with E-state index < -0.39 is 0 Å². The van der Waals surface area contributed by atoms with Crippen LogP contribution in [0.5, 0.6) is 0 Å². The molecule has 6 nitrogen and oxygen atoms in total. The molecule has 3 rings (SSSR count). The van der Waals surface area contributed by atoms with Crippen molar-refractivity contribution >= 4 is 38.7 Å². The summed E-state index contributed by atoms with van der Waals surface area (Å²) in [6.07, 6.45) is 1.66. The summed E-state index contributed by atoms with van der Waals surface area (Å²) in [7, 11) is 0. The van der Waals surface area contributed by atoms with Gasteiger partial charge in [-0.25, -0.2) is 9.97 Å². The quantitative estimate of drug-likeness (QED) is 0.760. The molecule has 94 valence electrons. The van der Waals surface area contributed by atoms with E-state index in [-0.39, 0.29) is 11.6 Å². The molecule has 0 fully saturated rings. The molecule has 3 aromatic heterocycles. The number of carbonyl (C=O) groups excluding carboxylic acids is 1. The van der Waals surface area contributed by atoms with Crippen LogP contribution in [0.4, 0.5) is 5.82 Å². The number of anilines is 1. The molecular formula is C12H8BrN5O. The summed E-state index contributed by atoms with van der Waals surface area (Å²) >= 11 is 3.19. The van der Waals surface area contributed by atoms with Crippen LogP contribution in [0.1, 0.15) is 10.5 Å². The summed E-state index contributed by atoms with van der Waals surface area (Å²) in [5.74, 6) is 0.111. The van der Waals surface area contributed by atoms with Gasteiger partial charge in [-0.05, 0) is 40.2 Å². The van der Waals surface area contributed by atoms with Gasteiger partial charge < -0.3 is 5.32 Å². The predicted molar refractivity (Wildman–Crippen MR) is 73.8 cm³/mol. The SMILES string of the molecule is O=C(Nc1ccc2cccnc2n1)c1cc(Br)[nH]n1. The van der Waals surface area contributed by atoms with Gasteiger partial charge in [0.2, 0.25) is 0 Å². The molecular weight excluding hydrogens is 310 g/mol. The van der Waals surface area contributed by atoms with Crippen LogP contribution in [0.2, 0.25) is 0 Å². The summed E-state index contributed by atoms with van der Waals surface area (Å²) in [6, 6.07) is 8.92. The zero-order valence-electron chi connectivity index (χ0n) is 9.59. The van der Waals surface area contributed by atoms with Crippen molar-refractivity contribution in [2.75, 3.05) is 5.32 Å². The molecule has 0 aliphatic heterocycles. The third-order valence-corrected chi connectivity index (χ3v) is 2.89. The molecule has 0 aromatic carbocycles. The Morgan fingerprint density at radius 1 is 1.32 bits per heavy atom.